The molecule has 6 rings (SSSR count). The molecule has 4 saturated carbocycles. The summed E-state index contributed by atoms with van der Waals surface area (Å²) >= 11 is 0. The Morgan fingerprint density at radius 1 is 0.447 bits per heavy atom. The summed E-state index contributed by atoms with van der Waals surface area (Å²) in [5, 5.41) is 0. The van der Waals surface area contributed by atoms with Crippen LogP contribution in [0.15, 0.2) is 0 Å². The first-order valence-electron chi connectivity index (χ1n) is 19.8. The zero-order valence-corrected chi connectivity index (χ0v) is 31.1. The molecule has 15 atom stereocenters. The summed E-state index contributed by atoms with van der Waals surface area (Å²) in [6, 6.07) is 1.47. The molecular formula is C39H72N2O6+2. The largest absolute Gasteiger partial charge is 0.379 e. The van der Waals surface area contributed by atoms with Crippen molar-refractivity contribution in [1.82, 2.24) is 0 Å². The summed E-state index contributed by atoms with van der Waals surface area (Å²) in [4.78, 5) is 3.50. The van der Waals surface area contributed by atoms with Crippen LogP contribution >= 0.6 is 0 Å². The summed E-state index contributed by atoms with van der Waals surface area (Å²) in [6.07, 6.45) is 20.5. The van der Waals surface area contributed by atoms with E-state index in [1.54, 1.807) is 9.80 Å². The monoisotopic (exact) mass is 665 g/mol. The second-order valence-corrected chi connectivity index (χ2v) is 17.1. The number of quaternary nitrogens is 2. The van der Waals surface area contributed by atoms with Gasteiger partial charge in [0.2, 0.25) is 0 Å². The predicted molar refractivity (Wildman–Crippen MR) is 184 cm³/mol. The van der Waals surface area contributed by atoms with Gasteiger partial charge in [0.15, 0.2) is 0 Å². The van der Waals surface area contributed by atoms with Crippen molar-refractivity contribution in [2.75, 3.05) is 62.7 Å². The van der Waals surface area contributed by atoms with Crippen LogP contribution in [0.1, 0.15) is 96.3 Å². The average molecular weight is 665 g/mol. The Hall–Kier alpha value is -0.320. The zero-order valence-electron chi connectivity index (χ0n) is 31.1. The topological polar surface area (TPSA) is 64.3 Å². The van der Waals surface area contributed by atoms with Crippen molar-refractivity contribution in [1.29, 1.82) is 0 Å². The van der Waals surface area contributed by atoms with Gasteiger partial charge in [-0.15, -0.1) is 0 Å². The van der Waals surface area contributed by atoms with Crippen LogP contribution in [0, 0.1) is 35.5 Å². The van der Waals surface area contributed by atoms with Crippen LogP contribution in [-0.2, 0) is 28.4 Å². The highest BCUT2D eigenvalue weighted by atomic mass is 16.5. The number of hydrogen-bond donors (Lipinski definition) is 2. The zero-order chi connectivity index (χ0) is 33.1. The van der Waals surface area contributed by atoms with Gasteiger partial charge >= 0.3 is 0 Å². The lowest BCUT2D eigenvalue weighted by atomic mass is 9.66. The average Bonchev–Trinajstić information content (AvgIpc) is 3.10. The molecule has 0 amide bonds. The fraction of sp³-hybridized carbons (Fsp3) is 1.00. The molecule has 2 saturated heterocycles. The molecule has 2 heterocycles. The summed E-state index contributed by atoms with van der Waals surface area (Å²) in [5.74, 6) is 4.64. The highest BCUT2D eigenvalue weighted by Crippen LogP contribution is 2.43. The van der Waals surface area contributed by atoms with Crippen LogP contribution < -0.4 is 9.80 Å². The predicted octanol–water partition coefficient (Wildman–Crippen LogP) is 3.21. The Labute approximate surface area is 287 Å². The fourth-order valence-electron chi connectivity index (χ4n) is 12.1. The Kier molecular flexibility index (Phi) is 13.0. The number of fused-ring (bicyclic) bond motifs is 2. The first kappa shape index (κ1) is 36.5. The first-order chi connectivity index (χ1) is 22.8. The minimum absolute atomic E-state index is 0.236. The maximum atomic E-state index is 7.05. The molecule has 2 aliphatic heterocycles. The molecule has 15 unspecified atom stereocenters. The molecular weight excluding hydrogens is 592 g/mol. The third kappa shape index (κ3) is 8.27. The van der Waals surface area contributed by atoms with E-state index in [1.165, 1.54) is 83.7 Å². The molecule has 6 fully saturated rings. The third-order valence-electron chi connectivity index (χ3n) is 14.9. The summed E-state index contributed by atoms with van der Waals surface area (Å²) in [6.45, 7) is 2.59. The minimum atomic E-state index is 0.236. The van der Waals surface area contributed by atoms with Gasteiger partial charge in [-0.05, 0) is 107 Å². The molecule has 272 valence electrons. The molecule has 0 radical (unpaired) electrons. The molecule has 47 heavy (non-hydrogen) atoms. The molecule has 4 aliphatic carbocycles. The molecule has 0 aromatic carbocycles. The number of nitrogens with one attached hydrogen (secondary N) is 2. The number of methoxy groups -OCH3 is 5. The molecule has 0 aromatic heterocycles. The van der Waals surface area contributed by atoms with E-state index in [0.29, 0.717) is 12.1 Å². The van der Waals surface area contributed by atoms with Crippen LogP contribution in [0.5, 0.6) is 0 Å². The second-order valence-electron chi connectivity index (χ2n) is 17.1. The number of likely N-dealkylation sites (tertiary alicyclic amines) is 2. The molecule has 2 N–H and O–H groups in total. The first-order valence-corrected chi connectivity index (χ1v) is 19.8. The fourth-order valence-corrected chi connectivity index (χ4v) is 12.1. The Balaban J connectivity index is 1.01. The van der Waals surface area contributed by atoms with Crippen LogP contribution in [0.25, 0.3) is 0 Å². The number of piperidine rings is 2. The number of hydrogen-bond acceptors (Lipinski definition) is 6. The highest BCUT2D eigenvalue weighted by Gasteiger charge is 2.49. The van der Waals surface area contributed by atoms with Gasteiger partial charge in [0.05, 0.1) is 82.0 Å². The van der Waals surface area contributed by atoms with Crippen molar-refractivity contribution in [3.63, 3.8) is 0 Å². The lowest BCUT2D eigenvalue weighted by Crippen LogP contribution is -3.15. The Morgan fingerprint density at radius 3 is 1.38 bits per heavy atom. The van der Waals surface area contributed by atoms with Crippen LogP contribution in [0.3, 0.4) is 0 Å². The summed E-state index contributed by atoms with van der Waals surface area (Å²) in [5.41, 5.74) is 0. The van der Waals surface area contributed by atoms with Crippen molar-refractivity contribution in [3.8, 4) is 0 Å². The van der Waals surface area contributed by atoms with Gasteiger partial charge in [-0.25, -0.2) is 0 Å². The van der Waals surface area contributed by atoms with Crippen molar-refractivity contribution in [3.05, 3.63) is 0 Å². The molecule has 0 bridgehead atoms. The van der Waals surface area contributed by atoms with Crippen LogP contribution in [0.4, 0.5) is 0 Å². The lowest BCUT2D eigenvalue weighted by molar-refractivity contribution is -0.919. The van der Waals surface area contributed by atoms with E-state index >= 15 is 0 Å². The van der Waals surface area contributed by atoms with E-state index in [1.807, 2.05) is 35.5 Å². The van der Waals surface area contributed by atoms with Crippen LogP contribution in [-0.4, -0.2) is 118 Å². The van der Waals surface area contributed by atoms with Crippen molar-refractivity contribution < 1.29 is 38.2 Å². The van der Waals surface area contributed by atoms with Gasteiger partial charge in [0.25, 0.3) is 0 Å². The van der Waals surface area contributed by atoms with Gasteiger partial charge in [0.1, 0.15) is 0 Å². The Bertz CT molecular complexity index is 948. The van der Waals surface area contributed by atoms with Gasteiger partial charge in [-0.3, -0.25) is 0 Å². The van der Waals surface area contributed by atoms with Gasteiger partial charge in [-0.2, -0.15) is 0 Å². The summed E-state index contributed by atoms with van der Waals surface area (Å²) in [7, 11) is 14.3. The maximum Gasteiger partial charge on any atom is 0.0907 e. The van der Waals surface area contributed by atoms with E-state index in [2.05, 4.69) is 14.1 Å². The smallest absolute Gasteiger partial charge is 0.0907 e. The van der Waals surface area contributed by atoms with Crippen molar-refractivity contribution >= 4 is 0 Å². The van der Waals surface area contributed by atoms with Crippen molar-refractivity contribution in [2.45, 2.75) is 151 Å². The van der Waals surface area contributed by atoms with E-state index in [0.717, 1.165) is 67.2 Å². The van der Waals surface area contributed by atoms with Gasteiger partial charge in [0, 0.05) is 60.2 Å². The molecule has 8 heteroatoms. The van der Waals surface area contributed by atoms with E-state index < -0.39 is 0 Å². The summed E-state index contributed by atoms with van der Waals surface area (Å²) < 4.78 is 36.8. The molecule has 8 nitrogen and oxygen atoms in total. The SMILES string of the molecule is COC1CC2CC[NH+](C)C(CC3CCC(OC4CC(CC5C6CC(OC)C(OC)CC6CC[NH+]5C)CCC4OC)CC3)C2CC1OC. The lowest BCUT2D eigenvalue weighted by Gasteiger charge is -2.49. The standard InChI is InChI=1S/C39H70N2O6/c1-40-16-14-27-21-35(43-4)37(45-6)23-30(27)32(40)18-25-8-11-29(12-9-25)47-39-20-26(10-13-34(39)42-3)19-33-31-24-38(46-7)36(44-5)22-28(31)15-17-41(33)2/h25-39H,8-24H2,1-7H3/p+2. The third-order valence-corrected chi connectivity index (χ3v) is 14.9. The normalized spacial score (nSPS) is 49.2. The maximum absolute atomic E-state index is 7.05. The molecule has 6 aliphatic rings. The van der Waals surface area contributed by atoms with E-state index in [9.17, 15) is 0 Å². The van der Waals surface area contributed by atoms with Gasteiger partial charge < -0.3 is 38.2 Å². The van der Waals surface area contributed by atoms with E-state index in [-0.39, 0.29) is 36.6 Å². The minimum Gasteiger partial charge on any atom is -0.379 e. The highest BCUT2D eigenvalue weighted by molar-refractivity contribution is 4.95. The second kappa shape index (κ2) is 16.8. The van der Waals surface area contributed by atoms with E-state index in [4.69, 9.17) is 28.4 Å². The Morgan fingerprint density at radius 2 is 0.894 bits per heavy atom. The molecule has 0 spiro atoms. The quantitative estimate of drug-likeness (QED) is 0.354. The molecule has 0 aromatic rings. The van der Waals surface area contributed by atoms with Crippen LogP contribution in [0.2, 0.25) is 0 Å². The van der Waals surface area contributed by atoms with Crippen molar-refractivity contribution in [2.24, 2.45) is 35.5 Å². The van der Waals surface area contributed by atoms with Gasteiger partial charge in [-0.1, -0.05) is 0 Å². The number of ether oxygens (including phenoxy) is 6. The number of rotatable bonds is 11.